The van der Waals surface area contributed by atoms with Crippen LogP contribution in [0.15, 0.2) is 15.7 Å². The maximum absolute atomic E-state index is 11.9. The predicted octanol–water partition coefficient (Wildman–Crippen LogP) is 0.675. The van der Waals surface area contributed by atoms with E-state index in [2.05, 4.69) is 4.72 Å². The molecule has 0 aliphatic carbocycles. The van der Waals surface area contributed by atoms with Crippen LogP contribution in [0.1, 0.15) is 17.3 Å². The van der Waals surface area contributed by atoms with Gasteiger partial charge in [0, 0.05) is 18.0 Å². The smallest absolute Gasteiger partial charge is 0.336 e. The molecule has 0 aliphatic heterocycles. The number of thiophene rings is 1. The molecule has 0 fully saturated rings. The number of hydrogen-bond donors (Lipinski definition) is 2. The molecule has 6 nitrogen and oxygen atoms in total. The summed E-state index contributed by atoms with van der Waals surface area (Å²) in [5.41, 5.74) is -0.0133. The van der Waals surface area contributed by atoms with Crippen LogP contribution >= 0.6 is 11.3 Å². The lowest BCUT2D eigenvalue weighted by Crippen LogP contribution is -2.39. The summed E-state index contributed by atoms with van der Waals surface area (Å²) < 4.78 is 26.4. The van der Waals surface area contributed by atoms with Gasteiger partial charge >= 0.3 is 5.97 Å². The van der Waals surface area contributed by atoms with E-state index in [1.54, 1.807) is 6.92 Å². The van der Waals surface area contributed by atoms with Gasteiger partial charge in [-0.2, -0.15) is 0 Å². The first-order valence-electron chi connectivity index (χ1n) is 5.21. The van der Waals surface area contributed by atoms with E-state index in [1.165, 1.54) is 5.38 Å². The Morgan fingerprint density at radius 3 is 2.61 bits per heavy atom. The number of rotatable bonds is 6. The molecule has 1 heterocycles. The number of carbonyl (C=O) groups is 1. The molecule has 1 atom stereocenters. The first kappa shape index (κ1) is 15.1. The highest BCUT2D eigenvalue weighted by atomic mass is 32.2. The van der Waals surface area contributed by atoms with E-state index in [0.29, 0.717) is 6.54 Å². The highest BCUT2D eigenvalue weighted by molar-refractivity contribution is 7.91. The van der Waals surface area contributed by atoms with Gasteiger partial charge < -0.3 is 10.0 Å². The fourth-order valence-electron chi connectivity index (χ4n) is 1.48. The molecule has 18 heavy (non-hydrogen) atoms. The van der Waals surface area contributed by atoms with Crippen molar-refractivity contribution in [2.75, 3.05) is 20.6 Å². The number of likely N-dealkylation sites (N-methyl/N-ethyl adjacent to an activating group) is 1. The number of aromatic carboxylic acids is 1. The summed E-state index contributed by atoms with van der Waals surface area (Å²) in [6.45, 7) is 2.32. The van der Waals surface area contributed by atoms with Crippen LogP contribution in [0.5, 0.6) is 0 Å². The first-order valence-corrected chi connectivity index (χ1v) is 7.57. The summed E-state index contributed by atoms with van der Waals surface area (Å²) in [7, 11) is 0.0521. The zero-order valence-corrected chi connectivity index (χ0v) is 12.0. The van der Waals surface area contributed by atoms with Gasteiger partial charge in [-0.05, 0) is 27.1 Å². The highest BCUT2D eigenvalue weighted by Gasteiger charge is 2.21. The largest absolute Gasteiger partial charge is 0.478 e. The fraction of sp³-hybridized carbons (Fsp3) is 0.500. The van der Waals surface area contributed by atoms with Crippen LogP contribution in [-0.4, -0.2) is 51.1 Å². The Morgan fingerprint density at radius 2 is 2.17 bits per heavy atom. The molecule has 0 radical (unpaired) electrons. The molecule has 1 aromatic rings. The number of nitrogens with zero attached hydrogens (tertiary/aromatic N) is 1. The number of carboxylic acids is 1. The third-order valence-corrected chi connectivity index (χ3v) is 5.11. The van der Waals surface area contributed by atoms with Gasteiger partial charge in [-0.25, -0.2) is 17.9 Å². The molecule has 1 rings (SSSR count). The normalized spacial score (nSPS) is 13.8. The van der Waals surface area contributed by atoms with Gasteiger partial charge in [-0.3, -0.25) is 0 Å². The number of carboxylic acid groups (broad SMARTS) is 1. The minimum absolute atomic E-state index is 0.0133. The monoisotopic (exact) mass is 292 g/mol. The lowest BCUT2D eigenvalue weighted by Gasteiger charge is -2.17. The third-order valence-electron chi connectivity index (χ3n) is 2.08. The van der Waals surface area contributed by atoms with Crippen molar-refractivity contribution in [1.29, 1.82) is 0 Å². The predicted molar refractivity (Wildman–Crippen MR) is 69.6 cm³/mol. The SMILES string of the molecule is CC(CN(C)C)NS(=O)(=O)c1cc(C(=O)O)cs1. The number of sulfonamides is 1. The van der Waals surface area contributed by atoms with Crippen molar-refractivity contribution in [3.8, 4) is 0 Å². The maximum atomic E-state index is 11.9. The molecular formula is C10H16N2O4S2. The summed E-state index contributed by atoms with van der Waals surface area (Å²) in [6, 6.07) is 0.915. The van der Waals surface area contributed by atoms with E-state index < -0.39 is 16.0 Å². The fourth-order valence-corrected chi connectivity index (χ4v) is 3.88. The third kappa shape index (κ3) is 4.05. The van der Waals surface area contributed by atoms with Gasteiger partial charge in [0.15, 0.2) is 0 Å². The molecular weight excluding hydrogens is 276 g/mol. The summed E-state index contributed by atoms with van der Waals surface area (Å²) in [6.07, 6.45) is 0. The van der Waals surface area contributed by atoms with Gasteiger partial charge in [0.05, 0.1) is 5.56 Å². The van der Waals surface area contributed by atoms with E-state index in [-0.39, 0.29) is 15.8 Å². The molecule has 0 aliphatic rings. The molecule has 2 N–H and O–H groups in total. The molecule has 0 aromatic carbocycles. The van der Waals surface area contributed by atoms with Crippen LogP contribution in [0.25, 0.3) is 0 Å². The molecule has 0 bridgehead atoms. The van der Waals surface area contributed by atoms with Crippen molar-refractivity contribution < 1.29 is 18.3 Å². The van der Waals surface area contributed by atoms with Crippen molar-refractivity contribution in [1.82, 2.24) is 9.62 Å². The van der Waals surface area contributed by atoms with E-state index in [0.717, 1.165) is 17.4 Å². The van der Waals surface area contributed by atoms with Gasteiger partial charge in [0.1, 0.15) is 4.21 Å². The molecule has 1 unspecified atom stereocenters. The Hall–Kier alpha value is -0.960. The van der Waals surface area contributed by atoms with Crippen LogP contribution in [0.2, 0.25) is 0 Å². The van der Waals surface area contributed by atoms with Gasteiger partial charge in [0.25, 0.3) is 0 Å². The summed E-state index contributed by atoms with van der Waals surface area (Å²) >= 11 is 0.901. The summed E-state index contributed by atoms with van der Waals surface area (Å²) in [5, 5.41) is 10.1. The molecule has 8 heteroatoms. The Morgan fingerprint density at radius 1 is 1.56 bits per heavy atom. The Balaban J connectivity index is 2.82. The van der Waals surface area contributed by atoms with Crippen LogP contribution in [0, 0.1) is 0 Å². The van der Waals surface area contributed by atoms with Crippen LogP contribution < -0.4 is 4.72 Å². The van der Waals surface area contributed by atoms with E-state index in [9.17, 15) is 13.2 Å². The van der Waals surface area contributed by atoms with Crippen molar-refractivity contribution in [3.63, 3.8) is 0 Å². The van der Waals surface area contributed by atoms with Crippen LogP contribution in [-0.2, 0) is 10.0 Å². The second kappa shape index (κ2) is 5.79. The lowest BCUT2D eigenvalue weighted by atomic mass is 10.3. The molecule has 1 aromatic heterocycles. The van der Waals surface area contributed by atoms with Crippen LogP contribution in [0.4, 0.5) is 0 Å². The van der Waals surface area contributed by atoms with Crippen molar-refractivity contribution in [2.45, 2.75) is 17.2 Å². The van der Waals surface area contributed by atoms with Crippen LogP contribution in [0.3, 0.4) is 0 Å². The van der Waals surface area contributed by atoms with E-state index in [1.807, 2.05) is 19.0 Å². The van der Waals surface area contributed by atoms with E-state index in [4.69, 9.17) is 5.11 Å². The highest BCUT2D eigenvalue weighted by Crippen LogP contribution is 2.20. The number of hydrogen-bond acceptors (Lipinski definition) is 5. The zero-order valence-electron chi connectivity index (χ0n) is 10.4. The standard InChI is InChI=1S/C10H16N2O4S2/c1-7(5-12(2)3)11-18(15,16)9-4-8(6-17-9)10(13)14/h4,6-7,11H,5H2,1-3H3,(H,13,14). The molecule has 0 saturated carbocycles. The minimum Gasteiger partial charge on any atom is -0.478 e. The molecule has 0 spiro atoms. The molecule has 102 valence electrons. The summed E-state index contributed by atoms with van der Waals surface area (Å²) in [4.78, 5) is 12.6. The number of nitrogens with one attached hydrogen (secondary N) is 1. The van der Waals surface area contributed by atoms with Crippen molar-refractivity contribution in [3.05, 3.63) is 17.0 Å². The van der Waals surface area contributed by atoms with Gasteiger partial charge in [-0.15, -0.1) is 11.3 Å². The second-order valence-electron chi connectivity index (χ2n) is 4.24. The van der Waals surface area contributed by atoms with E-state index >= 15 is 0 Å². The average Bonchev–Trinajstić information content (AvgIpc) is 2.63. The Kier molecular flexibility index (Phi) is 4.85. The lowest BCUT2D eigenvalue weighted by molar-refractivity contribution is 0.0697. The summed E-state index contributed by atoms with van der Waals surface area (Å²) in [5.74, 6) is -1.13. The second-order valence-corrected chi connectivity index (χ2v) is 7.10. The topological polar surface area (TPSA) is 86.7 Å². The maximum Gasteiger partial charge on any atom is 0.336 e. The van der Waals surface area contributed by atoms with Crippen molar-refractivity contribution in [2.24, 2.45) is 0 Å². The average molecular weight is 292 g/mol. The minimum atomic E-state index is -3.64. The van der Waals surface area contributed by atoms with Crippen molar-refractivity contribution >= 4 is 27.3 Å². The van der Waals surface area contributed by atoms with Gasteiger partial charge in [-0.1, -0.05) is 0 Å². The molecule has 0 saturated heterocycles. The zero-order chi connectivity index (χ0) is 13.9. The molecule has 0 amide bonds. The quantitative estimate of drug-likeness (QED) is 0.805. The first-order chi connectivity index (χ1) is 8.22. The Labute approximate surface area is 110 Å². The van der Waals surface area contributed by atoms with Gasteiger partial charge in [0.2, 0.25) is 10.0 Å². The Bertz CT molecular complexity index is 522.